The van der Waals surface area contributed by atoms with Crippen LogP contribution in [-0.4, -0.2) is 62.4 Å². The number of anilines is 1. The number of pyridine rings is 1. The lowest BCUT2D eigenvalue weighted by atomic mass is 9.66. The summed E-state index contributed by atoms with van der Waals surface area (Å²) < 4.78 is 6.00. The number of hydrogen-bond acceptors (Lipinski definition) is 6. The summed E-state index contributed by atoms with van der Waals surface area (Å²) >= 11 is 0. The lowest BCUT2D eigenvalue weighted by Crippen LogP contribution is -2.54. The molecule has 172 valence electrons. The quantitative estimate of drug-likeness (QED) is 0.488. The highest BCUT2D eigenvalue weighted by atomic mass is 16.5. The maximum Gasteiger partial charge on any atom is 0.321 e. The van der Waals surface area contributed by atoms with Crippen molar-refractivity contribution in [2.24, 2.45) is 5.41 Å². The normalized spacial score (nSPS) is 18.9. The second-order valence-corrected chi connectivity index (χ2v) is 9.06. The van der Waals surface area contributed by atoms with Gasteiger partial charge in [-0.25, -0.2) is 9.97 Å². The van der Waals surface area contributed by atoms with Crippen LogP contribution in [0.15, 0.2) is 36.5 Å². The smallest absolute Gasteiger partial charge is 0.321 e. The Bertz CT molecular complexity index is 1180. The van der Waals surface area contributed by atoms with Crippen LogP contribution in [0.1, 0.15) is 31.2 Å². The number of piperidine rings is 1. The van der Waals surface area contributed by atoms with Gasteiger partial charge in [-0.1, -0.05) is 6.07 Å². The Morgan fingerprint density at radius 2 is 1.82 bits per heavy atom. The Morgan fingerprint density at radius 1 is 1.09 bits per heavy atom. The number of nitrogens with one attached hydrogen (secondary N) is 1. The van der Waals surface area contributed by atoms with E-state index < -0.39 is 17.4 Å². The summed E-state index contributed by atoms with van der Waals surface area (Å²) in [5.74, 6) is -0.876. The van der Waals surface area contributed by atoms with E-state index in [2.05, 4.69) is 32.8 Å². The van der Waals surface area contributed by atoms with E-state index in [0.29, 0.717) is 0 Å². The molecule has 2 aromatic heterocycles. The number of nitrogens with zero attached hydrogens (tertiary/aromatic N) is 3. The van der Waals surface area contributed by atoms with Crippen LogP contribution in [0.2, 0.25) is 0 Å². The van der Waals surface area contributed by atoms with E-state index in [1.165, 1.54) is 5.56 Å². The van der Waals surface area contributed by atoms with Crippen LogP contribution >= 0.6 is 0 Å². The molecule has 1 saturated heterocycles. The van der Waals surface area contributed by atoms with Crippen LogP contribution in [0.3, 0.4) is 0 Å². The van der Waals surface area contributed by atoms with Crippen molar-refractivity contribution < 1.29 is 24.5 Å². The van der Waals surface area contributed by atoms with Crippen molar-refractivity contribution >= 4 is 28.8 Å². The van der Waals surface area contributed by atoms with Gasteiger partial charge < -0.3 is 24.8 Å². The molecule has 2 fully saturated rings. The van der Waals surface area contributed by atoms with Crippen molar-refractivity contribution in [2.75, 3.05) is 18.0 Å². The third kappa shape index (κ3) is 3.93. The van der Waals surface area contributed by atoms with E-state index in [-0.39, 0.29) is 25.0 Å². The van der Waals surface area contributed by atoms with Crippen molar-refractivity contribution in [3.63, 3.8) is 0 Å². The summed E-state index contributed by atoms with van der Waals surface area (Å²) in [7, 11) is 0. The predicted octanol–water partition coefficient (Wildman–Crippen LogP) is 3.24. The first kappa shape index (κ1) is 21.4. The minimum Gasteiger partial charge on any atom is -0.480 e. The number of carboxylic acid groups (broad SMARTS) is 2. The standard InChI is InChI=1S/C24H26N4O5/c1-14-2-4-18-19(10-14)27-21(26-18)15-3-5-20(25-13-15)28-8-6-16(7-9-28)33-17-11-24(12-17,22(29)30)23(31)32/h2-5,10,13,16-17H,6-9,11-12H2,1H3,(H,26,27)(H,29,30)(H,31,32). The van der Waals surface area contributed by atoms with Gasteiger partial charge in [0.05, 0.1) is 23.2 Å². The second-order valence-electron chi connectivity index (χ2n) is 9.06. The zero-order chi connectivity index (χ0) is 23.2. The lowest BCUT2D eigenvalue weighted by molar-refractivity contribution is -0.189. The molecule has 33 heavy (non-hydrogen) atoms. The van der Waals surface area contributed by atoms with Crippen molar-refractivity contribution in [1.29, 1.82) is 0 Å². The van der Waals surface area contributed by atoms with Gasteiger partial charge >= 0.3 is 11.9 Å². The summed E-state index contributed by atoms with van der Waals surface area (Å²) in [4.78, 5) is 37.4. The molecule has 5 rings (SSSR count). The third-order valence-electron chi connectivity index (χ3n) is 6.78. The molecule has 9 heteroatoms. The van der Waals surface area contributed by atoms with Crippen molar-refractivity contribution in [2.45, 2.75) is 44.8 Å². The number of imidazole rings is 1. The summed E-state index contributed by atoms with van der Waals surface area (Å²) in [5.41, 5.74) is 2.36. The molecule has 0 unspecified atom stereocenters. The van der Waals surface area contributed by atoms with Gasteiger partial charge in [0.25, 0.3) is 0 Å². The Balaban J connectivity index is 1.16. The fraction of sp³-hybridized carbons (Fsp3) is 0.417. The predicted molar refractivity (Wildman–Crippen MR) is 121 cm³/mol. The zero-order valence-corrected chi connectivity index (χ0v) is 18.3. The van der Waals surface area contributed by atoms with Crippen LogP contribution in [0.5, 0.6) is 0 Å². The number of aliphatic carboxylic acids is 2. The van der Waals surface area contributed by atoms with Gasteiger partial charge in [0.15, 0.2) is 5.41 Å². The molecule has 1 aliphatic carbocycles. The molecule has 3 aromatic rings. The SMILES string of the molecule is Cc1ccc2nc(-c3ccc(N4CCC(OC5CC(C(=O)O)(C(=O)O)C5)CC4)nc3)[nH]c2c1. The Kier molecular flexibility index (Phi) is 5.28. The second kappa shape index (κ2) is 8.15. The number of hydrogen-bond donors (Lipinski definition) is 3. The highest BCUT2D eigenvalue weighted by Crippen LogP contribution is 2.44. The topological polar surface area (TPSA) is 129 Å². The molecule has 0 radical (unpaired) electrons. The molecule has 9 nitrogen and oxygen atoms in total. The van der Waals surface area contributed by atoms with Crippen LogP contribution in [0, 0.1) is 12.3 Å². The highest BCUT2D eigenvalue weighted by molar-refractivity contribution is 5.99. The monoisotopic (exact) mass is 450 g/mol. The molecule has 1 aromatic carbocycles. The van der Waals surface area contributed by atoms with Gasteiger partial charge in [0.2, 0.25) is 0 Å². The number of rotatable bonds is 6. The molecule has 1 saturated carbocycles. The number of aryl methyl sites for hydroxylation is 1. The first-order chi connectivity index (χ1) is 15.8. The zero-order valence-electron chi connectivity index (χ0n) is 18.3. The van der Waals surface area contributed by atoms with Gasteiger partial charge in [0, 0.05) is 37.7 Å². The molecule has 0 atom stereocenters. The van der Waals surface area contributed by atoms with Crippen molar-refractivity contribution in [3.8, 4) is 11.4 Å². The van der Waals surface area contributed by atoms with Gasteiger partial charge in [0.1, 0.15) is 11.6 Å². The number of carbonyl (C=O) groups is 2. The van der Waals surface area contributed by atoms with E-state index in [1.807, 2.05) is 30.5 Å². The lowest BCUT2D eigenvalue weighted by Gasteiger charge is -2.43. The number of aromatic amines is 1. The van der Waals surface area contributed by atoms with Gasteiger partial charge in [-0.15, -0.1) is 0 Å². The molecule has 0 amide bonds. The molecular formula is C24H26N4O5. The largest absolute Gasteiger partial charge is 0.480 e. The number of aromatic nitrogens is 3. The first-order valence-corrected chi connectivity index (χ1v) is 11.1. The van der Waals surface area contributed by atoms with E-state index in [9.17, 15) is 19.8 Å². The summed E-state index contributed by atoms with van der Waals surface area (Å²) in [6.45, 7) is 3.60. The molecule has 2 aliphatic rings. The molecule has 1 aliphatic heterocycles. The average molecular weight is 450 g/mol. The average Bonchev–Trinajstić information content (AvgIpc) is 3.19. The van der Waals surface area contributed by atoms with E-state index in [4.69, 9.17) is 4.74 Å². The van der Waals surface area contributed by atoms with Crippen molar-refractivity contribution in [1.82, 2.24) is 15.0 Å². The van der Waals surface area contributed by atoms with Crippen molar-refractivity contribution in [3.05, 3.63) is 42.1 Å². The third-order valence-corrected chi connectivity index (χ3v) is 6.78. The fourth-order valence-electron chi connectivity index (χ4n) is 4.72. The van der Waals surface area contributed by atoms with Crippen LogP contribution in [0.4, 0.5) is 5.82 Å². The van der Waals surface area contributed by atoms with E-state index in [1.54, 1.807) is 0 Å². The van der Waals surface area contributed by atoms with Gasteiger partial charge in [-0.05, 0) is 49.6 Å². The minimum atomic E-state index is -1.68. The molecule has 0 bridgehead atoms. The maximum absolute atomic E-state index is 11.3. The maximum atomic E-state index is 11.3. The summed E-state index contributed by atoms with van der Waals surface area (Å²) in [5, 5.41) is 18.4. The van der Waals surface area contributed by atoms with Crippen LogP contribution in [-0.2, 0) is 14.3 Å². The fourth-order valence-corrected chi connectivity index (χ4v) is 4.72. The van der Waals surface area contributed by atoms with E-state index in [0.717, 1.165) is 54.2 Å². The number of carboxylic acids is 2. The van der Waals surface area contributed by atoms with Gasteiger partial charge in [-0.3, -0.25) is 9.59 Å². The number of fused-ring (bicyclic) bond motifs is 1. The highest BCUT2D eigenvalue weighted by Gasteiger charge is 2.57. The van der Waals surface area contributed by atoms with Gasteiger partial charge in [-0.2, -0.15) is 0 Å². The Labute approximate surface area is 190 Å². The Morgan fingerprint density at radius 3 is 2.45 bits per heavy atom. The number of benzene rings is 1. The number of ether oxygens (including phenoxy) is 1. The summed E-state index contributed by atoms with van der Waals surface area (Å²) in [6.07, 6.45) is 3.16. The molecule has 3 N–H and O–H groups in total. The Hall–Kier alpha value is -3.46. The summed E-state index contributed by atoms with van der Waals surface area (Å²) in [6, 6.07) is 10.1. The molecular weight excluding hydrogens is 424 g/mol. The minimum absolute atomic E-state index is 0.00474. The number of H-pyrrole nitrogens is 1. The van der Waals surface area contributed by atoms with Crippen LogP contribution in [0.25, 0.3) is 22.4 Å². The van der Waals surface area contributed by atoms with E-state index >= 15 is 0 Å². The molecule has 3 heterocycles. The molecule has 0 spiro atoms. The van der Waals surface area contributed by atoms with Crippen LogP contribution < -0.4 is 4.90 Å². The first-order valence-electron chi connectivity index (χ1n) is 11.1.